The van der Waals surface area contributed by atoms with Gasteiger partial charge in [-0.2, -0.15) is 0 Å². The van der Waals surface area contributed by atoms with E-state index in [1.54, 1.807) is 6.08 Å². The summed E-state index contributed by atoms with van der Waals surface area (Å²) in [5.74, 6) is -0.303. The molecule has 0 aliphatic heterocycles. The van der Waals surface area contributed by atoms with Gasteiger partial charge in [-0.15, -0.1) is 0 Å². The lowest BCUT2D eigenvalue weighted by atomic mass is 9.83. The van der Waals surface area contributed by atoms with Crippen LogP contribution in [0.4, 0.5) is 0 Å². The molecule has 0 amide bonds. The standard InChI is InChI=1S/C9H15NO3/c10-7(6-11)5-9(13)4-2-1-3-8(9)12/h1,3,7,11,13H,2,4-6,10H2. The Hall–Kier alpha value is -0.710. The van der Waals surface area contributed by atoms with Crippen LogP contribution in [0.3, 0.4) is 0 Å². The molecule has 0 heterocycles. The molecule has 0 aromatic rings. The van der Waals surface area contributed by atoms with Crippen molar-refractivity contribution in [3.05, 3.63) is 12.2 Å². The van der Waals surface area contributed by atoms with E-state index >= 15 is 0 Å². The summed E-state index contributed by atoms with van der Waals surface area (Å²) in [5.41, 5.74) is 4.11. The molecule has 2 atom stereocenters. The molecule has 4 nitrogen and oxygen atoms in total. The van der Waals surface area contributed by atoms with E-state index in [0.717, 1.165) is 0 Å². The fourth-order valence-corrected chi connectivity index (χ4v) is 1.49. The summed E-state index contributed by atoms with van der Waals surface area (Å²) in [7, 11) is 0. The molecule has 0 aromatic heterocycles. The number of carbonyl (C=O) groups excluding carboxylic acids is 1. The summed E-state index contributed by atoms with van der Waals surface area (Å²) < 4.78 is 0. The van der Waals surface area contributed by atoms with Gasteiger partial charge < -0.3 is 15.9 Å². The smallest absolute Gasteiger partial charge is 0.186 e. The third-order valence-corrected chi connectivity index (χ3v) is 2.29. The predicted molar refractivity (Wildman–Crippen MR) is 48.0 cm³/mol. The van der Waals surface area contributed by atoms with Crippen molar-refractivity contribution in [1.29, 1.82) is 0 Å². The minimum atomic E-state index is -1.35. The van der Waals surface area contributed by atoms with Crippen molar-refractivity contribution in [1.82, 2.24) is 0 Å². The van der Waals surface area contributed by atoms with Crippen LogP contribution in [0, 0.1) is 0 Å². The average Bonchev–Trinajstić information content (AvgIpc) is 2.10. The second-order valence-corrected chi connectivity index (χ2v) is 3.48. The number of ketones is 1. The zero-order chi connectivity index (χ0) is 9.90. The van der Waals surface area contributed by atoms with Crippen molar-refractivity contribution in [2.45, 2.75) is 30.9 Å². The van der Waals surface area contributed by atoms with Crippen LogP contribution in [-0.2, 0) is 4.79 Å². The first-order chi connectivity index (χ1) is 6.08. The molecule has 0 saturated carbocycles. The molecule has 4 heteroatoms. The fraction of sp³-hybridized carbons (Fsp3) is 0.667. The molecule has 0 aromatic carbocycles. The van der Waals surface area contributed by atoms with Gasteiger partial charge in [0.2, 0.25) is 0 Å². The van der Waals surface area contributed by atoms with E-state index < -0.39 is 11.6 Å². The molecular weight excluding hydrogens is 170 g/mol. The lowest BCUT2D eigenvalue weighted by Crippen LogP contribution is -2.45. The molecule has 13 heavy (non-hydrogen) atoms. The summed E-state index contributed by atoms with van der Waals surface area (Å²) >= 11 is 0. The third-order valence-electron chi connectivity index (χ3n) is 2.29. The van der Waals surface area contributed by atoms with Gasteiger partial charge in [0, 0.05) is 12.5 Å². The zero-order valence-electron chi connectivity index (χ0n) is 7.44. The van der Waals surface area contributed by atoms with E-state index in [-0.39, 0.29) is 18.8 Å². The number of aliphatic hydroxyl groups excluding tert-OH is 1. The SMILES string of the molecule is NC(CO)CC1(O)CCC=CC1=O. The van der Waals surface area contributed by atoms with Gasteiger partial charge in [0.25, 0.3) is 0 Å². The zero-order valence-corrected chi connectivity index (χ0v) is 7.44. The number of carbonyl (C=O) groups is 1. The molecule has 1 rings (SSSR count). The molecule has 0 radical (unpaired) electrons. The van der Waals surface area contributed by atoms with Gasteiger partial charge in [-0.25, -0.2) is 0 Å². The van der Waals surface area contributed by atoms with E-state index in [0.29, 0.717) is 12.8 Å². The second-order valence-electron chi connectivity index (χ2n) is 3.48. The monoisotopic (exact) mass is 185 g/mol. The van der Waals surface area contributed by atoms with Crippen LogP contribution in [0.1, 0.15) is 19.3 Å². The Kier molecular flexibility index (Phi) is 3.19. The highest BCUT2D eigenvalue weighted by Gasteiger charge is 2.36. The van der Waals surface area contributed by atoms with Crippen molar-refractivity contribution in [3.63, 3.8) is 0 Å². The number of allylic oxidation sites excluding steroid dienone is 1. The Morgan fingerprint density at radius 2 is 2.38 bits per heavy atom. The summed E-state index contributed by atoms with van der Waals surface area (Å²) in [6.45, 7) is -0.209. The predicted octanol–water partition coefficient (Wildman–Crippen LogP) is -0.654. The quantitative estimate of drug-likeness (QED) is 0.545. The van der Waals surface area contributed by atoms with Crippen LogP contribution in [0.15, 0.2) is 12.2 Å². The first-order valence-corrected chi connectivity index (χ1v) is 4.38. The maximum absolute atomic E-state index is 11.3. The number of hydrogen-bond donors (Lipinski definition) is 3. The molecule has 0 fully saturated rings. The largest absolute Gasteiger partial charge is 0.395 e. The van der Waals surface area contributed by atoms with Crippen molar-refractivity contribution >= 4 is 5.78 Å². The van der Waals surface area contributed by atoms with Crippen molar-refractivity contribution in [3.8, 4) is 0 Å². The summed E-state index contributed by atoms with van der Waals surface area (Å²) in [5, 5.41) is 18.6. The van der Waals surface area contributed by atoms with Crippen molar-refractivity contribution < 1.29 is 15.0 Å². The molecule has 74 valence electrons. The van der Waals surface area contributed by atoms with E-state index in [2.05, 4.69) is 0 Å². The molecule has 0 saturated heterocycles. The third kappa shape index (κ3) is 2.37. The van der Waals surface area contributed by atoms with Crippen LogP contribution < -0.4 is 5.73 Å². The summed E-state index contributed by atoms with van der Waals surface area (Å²) in [4.78, 5) is 11.3. The molecular formula is C9H15NO3. The van der Waals surface area contributed by atoms with Gasteiger partial charge in [-0.05, 0) is 18.9 Å². The van der Waals surface area contributed by atoms with Crippen LogP contribution >= 0.6 is 0 Å². The minimum Gasteiger partial charge on any atom is -0.395 e. The van der Waals surface area contributed by atoms with Crippen LogP contribution in [0.25, 0.3) is 0 Å². The Labute approximate surface area is 77.1 Å². The van der Waals surface area contributed by atoms with E-state index in [4.69, 9.17) is 10.8 Å². The molecule has 2 unspecified atom stereocenters. The van der Waals surface area contributed by atoms with Gasteiger partial charge >= 0.3 is 0 Å². The Bertz CT molecular complexity index is 227. The second kappa shape index (κ2) is 4.00. The topological polar surface area (TPSA) is 83.6 Å². The number of aliphatic hydroxyl groups is 2. The Morgan fingerprint density at radius 1 is 1.69 bits per heavy atom. The highest BCUT2D eigenvalue weighted by atomic mass is 16.3. The van der Waals surface area contributed by atoms with Crippen molar-refractivity contribution in [2.75, 3.05) is 6.61 Å². The van der Waals surface area contributed by atoms with Crippen LogP contribution in [0.2, 0.25) is 0 Å². The highest BCUT2D eigenvalue weighted by molar-refractivity contribution is 5.97. The molecule has 0 spiro atoms. The van der Waals surface area contributed by atoms with E-state index in [1.165, 1.54) is 6.08 Å². The fourth-order valence-electron chi connectivity index (χ4n) is 1.49. The molecule has 0 bridgehead atoms. The Morgan fingerprint density at radius 3 is 2.92 bits per heavy atom. The maximum Gasteiger partial charge on any atom is 0.186 e. The summed E-state index contributed by atoms with van der Waals surface area (Å²) in [6.07, 6.45) is 4.33. The number of hydrogen-bond acceptors (Lipinski definition) is 4. The van der Waals surface area contributed by atoms with E-state index in [9.17, 15) is 9.90 Å². The van der Waals surface area contributed by atoms with Crippen LogP contribution in [0.5, 0.6) is 0 Å². The van der Waals surface area contributed by atoms with Gasteiger partial charge in [0.15, 0.2) is 5.78 Å². The number of rotatable bonds is 3. The minimum absolute atomic E-state index is 0.132. The highest BCUT2D eigenvalue weighted by Crippen LogP contribution is 2.24. The van der Waals surface area contributed by atoms with Gasteiger partial charge in [-0.1, -0.05) is 6.08 Å². The Balaban J connectivity index is 2.64. The van der Waals surface area contributed by atoms with Crippen LogP contribution in [-0.4, -0.2) is 34.2 Å². The lowest BCUT2D eigenvalue weighted by molar-refractivity contribution is -0.135. The van der Waals surface area contributed by atoms with Gasteiger partial charge in [0.05, 0.1) is 6.61 Å². The molecule has 1 aliphatic rings. The first-order valence-electron chi connectivity index (χ1n) is 4.38. The average molecular weight is 185 g/mol. The first kappa shape index (κ1) is 10.4. The molecule has 1 aliphatic carbocycles. The number of nitrogens with two attached hydrogens (primary N) is 1. The summed E-state index contributed by atoms with van der Waals surface area (Å²) in [6, 6.07) is -0.527. The lowest BCUT2D eigenvalue weighted by Gasteiger charge is -2.29. The maximum atomic E-state index is 11.3. The normalized spacial score (nSPS) is 30.5. The van der Waals surface area contributed by atoms with Gasteiger partial charge in [0.1, 0.15) is 5.60 Å². The van der Waals surface area contributed by atoms with E-state index in [1.807, 2.05) is 0 Å². The van der Waals surface area contributed by atoms with Crippen molar-refractivity contribution in [2.24, 2.45) is 5.73 Å². The van der Waals surface area contributed by atoms with Gasteiger partial charge in [-0.3, -0.25) is 4.79 Å². The molecule has 4 N–H and O–H groups in total.